The van der Waals surface area contributed by atoms with E-state index in [1.54, 1.807) is 29.7 Å². The maximum Gasteiger partial charge on any atom is 0.286 e. The molecular weight excluding hydrogens is 212 g/mol. The molecule has 0 unspecified atom stereocenters. The summed E-state index contributed by atoms with van der Waals surface area (Å²) in [6, 6.07) is 3.33. The third-order valence-electron chi connectivity index (χ3n) is 1.85. The Labute approximate surface area is 90.9 Å². The van der Waals surface area contributed by atoms with Crippen LogP contribution in [0.15, 0.2) is 34.4 Å². The van der Waals surface area contributed by atoms with Crippen LogP contribution >= 0.6 is 11.3 Å². The number of carbonyl (C=O) groups excluding carboxylic acids is 1. The van der Waals surface area contributed by atoms with Crippen LogP contribution in [-0.2, 0) is 6.42 Å². The summed E-state index contributed by atoms with van der Waals surface area (Å²) in [7, 11) is 0. The second-order valence-corrected chi connectivity index (χ2v) is 3.89. The van der Waals surface area contributed by atoms with Gasteiger partial charge in [0.25, 0.3) is 5.91 Å². The van der Waals surface area contributed by atoms with E-state index in [0.717, 1.165) is 11.4 Å². The molecule has 1 amide bonds. The molecule has 0 saturated heterocycles. The Bertz CT molecular complexity index is 409. The van der Waals surface area contributed by atoms with Crippen LogP contribution in [0.2, 0.25) is 0 Å². The summed E-state index contributed by atoms with van der Waals surface area (Å²) < 4.78 is 4.96. The molecule has 0 aliphatic carbocycles. The summed E-state index contributed by atoms with van der Waals surface area (Å²) in [5.74, 6) is 0.158. The highest BCUT2D eigenvalue weighted by Gasteiger charge is 2.06. The molecule has 0 fully saturated rings. The van der Waals surface area contributed by atoms with E-state index in [9.17, 15) is 4.79 Å². The van der Waals surface area contributed by atoms with Crippen molar-refractivity contribution < 1.29 is 9.21 Å². The predicted molar refractivity (Wildman–Crippen MR) is 56.9 cm³/mol. The van der Waals surface area contributed by atoms with Gasteiger partial charge in [0.2, 0.25) is 0 Å². The van der Waals surface area contributed by atoms with E-state index in [1.165, 1.54) is 6.26 Å². The summed E-state index contributed by atoms with van der Waals surface area (Å²) >= 11 is 1.59. The molecule has 2 aromatic rings. The minimum absolute atomic E-state index is 0.184. The molecule has 15 heavy (non-hydrogen) atoms. The normalized spacial score (nSPS) is 10.1. The molecule has 0 spiro atoms. The van der Waals surface area contributed by atoms with Gasteiger partial charge in [0.05, 0.1) is 11.3 Å². The second kappa shape index (κ2) is 4.75. The first-order valence-corrected chi connectivity index (χ1v) is 5.44. The lowest BCUT2D eigenvalue weighted by Crippen LogP contribution is -2.25. The van der Waals surface area contributed by atoms with E-state index in [4.69, 9.17) is 4.42 Å². The monoisotopic (exact) mass is 222 g/mol. The van der Waals surface area contributed by atoms with Gasteiger partial charge in [-0.3, -0.25) is 4.79 Å². The number of nitrogens with one attached hydrogen (secondary N) is 1. The van der Waals surface area contributed by atoms with Crippen molar-refractivity contribution in [2.75, 3.05) is 6.54 Å². The van der Waals surface area contributed by atoms with Crippen molar-refractivity contribution in [3.05, 3.63) is 40.7 Å². The summed E-state index contributed by atoms with van der Waals surface area (Å²) in [4.78, 5) is 15.5. The zero-order valence-corrected chi connectivity index (χ0v) is 8.79. The Morgan fingerprint density at radius 1 is 1.60 bits per heavy atom. The number of thiazole rings is 1. The summed E-state index contributed by atoms with van der Waals surface area (Å²) in [6.45, 7) is 0.576. The number of carbonyl (C=O) groups is 1. The molecule has 0 saturated carbocycles. The van der Waals surface area contributed by atoms with E-state index < -0.39 is 0 Å². The SMILES string of the molecule is O=C(NCCc1nccs1)c1ccco1. The first-order valence-electron chi connectivity index (χ1n) is 4.56. The van der Waals surface area contributed by atoms with E-state index >= 15 is 0 Å². The summed E-state index contributed by atoms with van der Waals surface area (Å²) in [6.07, 6.45) is 3.99. The first-order chi connectivity index (χ1) is 7.36. The van der Waals surface area contributed by atoms with Gasteiger partial charge in [0, 0.05) is 24.5 Å². The molecule has 0 bridgehead atoms. The quantitative estimate of drug-likeness (QED) is 0.856. The lowest BCUT2D eigenvalue weighted by Gasteiger charge is -2.00. The van der Waals surface area contributed by atoms with E-state index in [1.807, 2.05) is 5.38 Å². The molecule has 0 aliphatic rings. The number of hydrogen-bond donors (Lipinski definition) is 1. The van der Waals surface area contributed by atoms with Crippen LogP contribution < -0.4 is 5.32 Å². The molecule has 0 aliphatic heterocycles. The van der Waals surface area contributed by atoms with Crippen LogP contribution in [0, 0.1) is 0 Å². The predicted octanol–water partition coefficient (Wildman–Crippen LogP) is 1.71. The number of furan rings is 1. The molecule has 2 rings (SSSR count). The van der Waals surface area contributed by atoms with Gasteiger partial charge in [0.1, 0.15) is 0 Å². The second-order valence-electron chi connectivity index (χ2n) is 2.91. The Hall–Kier alpha value is -1.62. The van der Waals surface area contributed by atoms with Crippen LogP contribution in [0.3, 0.4) is 0 Å². The Kier molecular flexibility index (Phi) is 3.14. The first kappa shape index (κ1) is 9.92. The van der Waals surface area contributed by atoms with Gasteiger partial charge in [-0.15, -0.1) is 11.3 Å². The smallest absolute Gasteiger partial charge is 0.286 e. The van der Waals surface area contributed by atoms with Crippen molar-refractivity contribution in [3.8, 4) is 0 Å². The molecule has 0 radical (unpaired) electrons. The Morgan fingerprint density at radius 2 is 2.53 bits per heavy atom. The third-order valence-corrected chi connectivity index (χ3v) is 2.69. The minimum Gasteiger partial charge on any atom is -0.459 e. The average Bonchev–Trinajstić information content (AvgIpc) is 2.90. The van der Waals surface area contributed by atoms with Crippen LogP contribution in [0.25, 0.3) is 0 Å². The van der Waals surface area contributed by atoms with Crippen LogP contribution in [-0.4, -0.2) is 17.4 Å². The Balaban J connectivity index is 1.77. The number of rotatable bonds is 4. The number of aromatic nitrogens is 1. The molecule has 78 valence electrons. The van der Waals surface area contributed by atoms with Gasteiger partial charge in [-0.25, -0.2) is 4.98 Å². The molecule has 4 nitrogen and oxygen atoms in total. The molecule has 1 N–H and O–H groups in total. The van der Waals surface area contributed by atoms with Gasteiger partial charge in [-0.1, -0.05) is 0 Å². The van der Waals surface area contributed by atoms with Crippen molar-refractivity contribution in [1.29, 1.82) is 0 Å². The highest BCUT2D eigenvalue weighted by Crippen LogP contribution is 2.04. The molecule has 2 aromatic heterocycles. The fraction of sp³-hybridized carbons (Fsp3) is 0.200. The highest BCUT2D eigenvalue weighted by atomic mass is 32.1. The van der Waals surface area contributed by atoms with Gasteiger partial charge >= 0.3 is 0 Å². The summed E-state index contributed by atoms with van der Waals surface area (Å²) in [5, 5.41) is 5.70. The van der Waals surface area contributed by atoms with E-state index in [0.29, 0.717) is 12.3 Å². The highest BCUT2D eigenvalue weighted by molar-refractivity contribution is 7.09. The fourth-order valence-corrected chi connectivity index (χ4v) is 1.77. The standard InChI is InChI=1S/C10H10N2O2S/c13-10(8-2-1-6-14-8)12-4-3-9-11-5-7-15-9/h1-2,5-7H,3-4H2,(H,12,13). The largest absolute Gasteiger partial charge is 0.459 e. The number of amides is 1. The van der Waals surface area contributed by atoms with Crippen molar-refractivity contribution in [2.45, 2.75) is 6.42 Å². The topological polar surface area (TPSA) is 55.1 Å². The van der Waals surface area contributed by atoms with Crippen molar-refractivity contribution >= 4 is 17.2 Å². The number of hydrogen-bond acceptors (Lipinski definition) is 4. The van der Waals surface area contributed by atoms with Gasteiger partial charge in [-0.2, -0.15) is 0 Å². The van der Waals surface area contributed by atoms with Crippen LogP contribution in [0.5, 0.6) is 0 Å². The van der Waals surface area contributed by atoms with Gasteiger partial charge in [-0.05, 0) is 12.1 Å². The van der Waals surface area contributed by atoms with Crippen LogP contribution in [0.1, 0.15) is 15.6 Å². The maximum absolute atomic E-state index is 11.4. The lowest BCUT2D eigenvalue weighted by molar-refractivity contribution is 0.0926. The van der Waals surface area contributed by atoms with E-state index in [-0.39, 0.29) is 5.91 Å². The van der Waals surface area contributed by atoms with Crippen molar-refractivity contribution in [2.24, 2.45) is 0 Å². The van der Waals surface area contributed by atoms with Crippen molar-refractivity contribution in [1.82, 2.24) is 10.3 Å². The zero-order chi connectivity index (χ0) is 10.5. The van der Waals surface area contributed by atoms with Gasteiger partial charge < -0.3 is 9.73 Å². The lowest BCUT2D eigenvalue weighted by atomic mass is 10.4. The number of nitrogens with zero attached hydrogens (tertiary/aromatic N) is 1. The molecular formula is C10H10N2O2S. The van der Waals surface area contributed by atoms with Gasteiger partial charge in [0.15, 0.2) is 5.76 Å². The minimum atomic E-state index is -0.184. The maximum atomic E-state index is 11.4. The zero-order valence-electron chi connectivity index (χ0n) is 7.97. The average molecular weight is 222 g/mol. The molecule has 0 atom stereocenters. The Morgan fingerprint density at radius 3 is 3.20 bits per heavy atom. The summed E-state index contributed by atoms with van der Waals surface area (Å²) in [5.41, 5.74) is 0. The fourth-order valence-electron chi connectivity index (χ4n) is 1.15. The van der Waals surface area contributed by atoms with E-state index in [2.05, 4.69) is 10.3 Å². The van der Waals surface area contributed by atoms with Crippen LogP contribution in [0.4, 0.5) is 0 Å². The van der Waals surface area contributed by atoms with Crippen molar-refractivity contribution in [3.63, 3.8) is 0 Å². The molecule has 5 heteroatoms. The third kappa shape index (κ3) is 2.66. The molecule has 0 aromatic carbocycles. The molecule has 2 heterocycles.